The number of nitrogens with one attached hydrogen (secondary N) is 2. The van der Waals surface area contributed by atoms with Gasteiger partial charge in [-0.25, -0.2) is 4.79 Å². The Morgan fingerprint density at radius 3 is 2.45 bits per heavy atom. The minimum Gasteiger partial charge on any atom is -0.488 e. The summed E-state index contributed by atoms with van der Waals surface area (Å²) in [6.07, 6.45) is 6.47. The fraction of sp³-hybridized carbons (Fsp3) is 0.562. The van der Waals surface area contributed by atoms with Gasteiger partial charge >= 0.3 is 6.03 Å². The van der Waals surface area contributed by atoms with Crippen LogP contribution in [0.5, 0.6) is 17.2 Å². The molecule has 10 nitrogen and oxygen atoms in total. The first kappa shape index (κ1) is 30.0. The highest BCUT2D eigenvalue weighted by Crippen LogP contribution is 2.34. The predicted octanol–water partition coefficient (Wildman–Crippen LogP) is 4.72. The maximum absolute atomic E-state index is 13.5. The molecule has 228 valence electrons. The molecule has 10 heteroatoms. The number of aliphatic hydroxyl groups is 1. The van der Waals surface area contributed by atoms with Gasteiger partial charge in [0.15, 0.2) is 11.5 Å². The Balaban J connectivity index is 1.32. The molecule has 3 N–H and O–H groups in total. The lowest BCUT2D eigenvalue weighted by Gasteiger charge is -2.35. The van der Waals surface area contributed by atoms with Crippen molar-refractivity contribution in [3.63, 3.8) is 0 Å². The smallest absolute Gasteiger partial charge is 0.323 e. The number of carbonyl (C=O) groups is 2. The molecule has 0 radical (unpaired) electrons. The molecule has 42 heavy (non-hydrogen) atoms. The van der Waals surface area contributed by atoms with Gasteiger partial charge < -0.3 is 39.8 Å². The van der Waals surface area contributed by atoms with Crippen LogP contribution in [0.3, 0.4) is 0 Å². The van der Waals surface area contributed by atoms with Crippen LogP contribution in [-0.4, -0.2) is 79.1 Å². The highest BCUT2D eigenvalue weighted by Gasteiger charge is 2.31. The third-order valence-corrected chi connectivity index (χ3v) is 8.59. The number of aliphatic hydroxyl groups excluding tert-OH is 1. The number of hydrogen-bond donors (Lipinski definition) is 3. The van der Waals surface area contributed by atoms with Gasteiger partial charge in [-0.1, -0.05) is 26.2 Å². The summed E-state index contributed by atoms with van der Waals surface area (Å²) in [7, 11) is 2.16. The van der Waals surface area contributed by atoms with Gasteiger partial charge in [-0.3, -0.25) is 4.79 Å². The van der Waals surface area contributed by atoms with E-state index in [0.29, 0.717) is 46.6 Å². The Hall–Kier alpha value is -3.50. The molecular weight excluding hydrogens is 536 g/mol. The van der Waals surface area contributed by atoms with E-state index in [0.717, 1.165) is 13.1 Å². The van der Waals surface area contributed by atoms with Crippen LogP contribution in [0.2, 0.25) is 0 Å². The predicted molar refractivity (Wildman–Crippen MR) is 161 cm³/mol. The van der Waals surface area contributed by atoms with Crippen molar-refractivity contribution in [2.24, 2.45) is 11.8 Å². The number of urea groups is 1. The second-order valence-corrected chi connectivity index (χ2v) is 12.1. The Labute approximate surface area is 248 Å². The maximum atomic E-state index is 13.5. The third kappa shape index (κ3) is 7.46. The molecule has 5 rings (SSSR count). The Morgan fingerprint density at radius 2 is 1.71 bits per heavy atom. The zero-order chi connectivity index (χ0) is 29.6. The van der Waals surface area contributed by atoms with Crippen molar-refractivity contribution < 1.29 is 28.9 Å². The SMILES string of the molecule is C[C@@H]1CN([C@@H](C)CO)C(=O)Cc2cc(NC(=O)Nc3ccc4c(c3)OCO4)ccc2O[C@@H]1CN(C)CC1CCCCC1. The van der Waals surface area contributed by atoms with E-state index in [2.05, 4.69) is 29.5 Å². The molecule has 1 fully saturated rings. The van der Waals surface area contributed by atoms with E-state index in [1.165, 1.54) is 32.1 Å². The van der Waals surface area contributed by atoms with Crippen LogP contribution in [-0.2, 0) is 11.2 Å². The summed E-state index contributed by atoms with van der Waals surface area (Å²) in [5, 5.41) is 15.6. The van der Waals surface area contributed by atoms with E-state index < -0.39 is 6.03 Å². The number of rotatable bonds is 8. The van der Waals surface area contributed by atoms with Crippen molar-refractivity contribution in [1.82, 2.24) is 9.80 Å². The number of hydrogen-bond acceptors (Lipinski definition) is 7. The van der Waals surface area contributed by atoms with E-state index in [4.69, 9.17) is 14.2 Å². The van der Waals surface area contributed by atoms with Crippen LogP contribution < -0.4 is 24.8 Å². The highest BCUT2D eigenvalue weighted by molar-refractivity contribution is 6.00. The van der Waals surface area contributed by atoms with Crippen LogP contribution in [0, 0.1) is 11.8 Å². The van der Waals surface area contributed by atoms with Gasteiger partial charge in [0, 0.05) is 48.6 Å². The molecule has 2 aromatic carbocycles. The summed E-state index contributed by atoms with van der Waals surface area (Å²) >= 11 is 0. The minimum atomic E-state index is -0.421. The van der Waals surface area contributed by atoms with Gasteiger partial charge in [0.1, 0.15) is 11.9 Å². The average Bonchev–Trinajstić information content (AvgIpc) is 3.45. The van der Waals surface area contributed by atoms with Gasteiger partial charge in [0.25, 0.3) is 0 Å². The van der Waals surface area contributed by atoms with E-state index in [1.807, 2.05) is 13.0 Å². The van der Waals surface area contributed by atoms with Crippen LogP contribution in [0.25, 0.3) is 0 Å². The monoisotopic (exact) mass is 580 g/mol. The second kappa shape index (κ2) is 13.6. The summed E-state index contributed by atoms with van der Waals surface area (Å²) in [6.45, 7) is 6.31. The van der Waals surface area contributed by atoms with Gasteiger partial charge in [-0.15, -0.1) is 0 Å². The molecule has 0 aromatic heterocycles. The molecule has 0 saturated heterocycles. The largest absolute Gasteiger partial charge is 0.488 e. The van der Waals surface area contributed by atoms with E-state index in [1.54, 1.807) is 35.2 Å². The van der Waals surface area contributed by atoms with Crippen LogP contribution in [0.1, 0.15) is 51.5 Å². The first-order valence-corrected chi connectivity index (χ1v) is 15.1. The number of carbonyl (C=O) groups excluding carboxylic acids is 2. The fourth-order valence-electron chi connectivity index (χ4n) is 6.19. The molecule has 2 aliphatic heterocycles. The molecule has 1 saturated carbocycles. The third-order valence-electron chi connectivity index (χ3n) is 8.59. The van der Waals surface area contributed by atoms with E-state index in [-0.39, 0.29) is 43.8 Å². The van der Waals surface area contributed by atoms with Crippen molar-refractivity contribution in [1.29, 1.82) is 0 Å². The van der Waals surface area contributed by atoms with Crippen LogP contribution >= 0.6 is 0 Å². The lowest BCUT2D eigenvalue weighted by molar-refractivity contribution is -0.134. The Kier molecular flexibility index (Phi) is 9.74. The second-order valence-electron chi connectivity index (χ2n) is 12.1. The Morgan fingerprint density at radius 1 is 1.02 bits per heavy atom. The molecule has 3 amide bonds. The summed E-state index contributed by atoms with van der Waals surface area (Å²) in [5.41, 5.74) is 1.81. The molecule has 2 heterocycles. The number of benzene rings is 2. The van der Waals surface area contributed by atoms with Gasteiger partial charge in [0.2, 0.25) is 12.7 Å². The fourth-order valence-corrected chi connectivity index (χ4v) is 6.19. The zero-order valence-corrected chi connectivity index (χ0v) is 24.9. The average molecular weight is 581 g/mol. The normalized spacial score (nSPS) is 21.5. The standard InChI is InChI=1S/C32H44N4O6/c1-21-16-36(22(2)19-37)31(38)14-24-13-25(33-32(39)34-26-10-12-28-29(15-26)41-20-40-28)9-11-27(24)42-30(21)18-35(3)17-23-7-5-4-6-8-23/h9-13,15,21-23,30,37H,4-8,14,16-20H2,1-3H3,(H2,33,34,39)/t21-,22+,30-/m1/s1. The first-order chi connectivity index (χ1) is 20.3. The summed E-state index contributed by atoms with van der Waals surface area (Å²) in [4.78, 5) is 30.5. The van der Waals surface area contributed by atoms with Crippen molar-refractivity contribution in [2.75, 3.05) is 50.7 Å². The molecule has 3 aliphatic rings. The molecule has 2 aromatic rings. The molecule has 0 unspecified atom stereocenters. The number of likely N-dealkylation sites (N-methyl/N-ethyl adjacent to an activating group) is 1. The number of fused-ring (bicyclic) bond motifs is 2. The molecular formula is C32H44N4O6. The van der Waals surface area contributed by atoms with E-state index in [9.17, 15) is 14.7 Å². The van der Waals surface area contributed by atoms with Gasteiger partial charge in [-0.05, 0) is 63.1 Å². The lowest BCUT2D eigenvalue weighted by atomic mass is 9.89. The van der Waals surface area contributed by atoms with Gasteiger partial charge in [0.05, 0.1) is 19.1 Å². The number of amides is 3. The number of ether oxygens (including phenoxy) is 3. The minimum absolute atomic E-state index is 0.0491. The quantitative estimate of drug-likeness (QED) is 0.414. The molecule has 1 aliphatic carbocycles. The van der Waals surface area contributed by atoms with Crippen molar-refractivity contribution in [3.8, 4) is 17.2 Å². The van der Waals surface area contributed by atoms with Crippen molar-refractivity contribution >= 4 is 23.3 Å². The number of anilines is 2. The summed E-state index contributed by atoms with van der Waals surface area (Å²) in [6, 6.07) is 9.90. The maximum Gasteiger partial charge on any atom is 0.323 e. The van der Waals surface area contributed by atoms with Crippen LogP contribution in [0.4, 0.5) is 16.2 Å². The lowest BCUT2D eigenvalue weighted by Crippen LogP contribution is -2.48. The first-order valence-electron chi connectivity index (χ1n) is 15.1. The molecule has 0 spiro atoms. The summed E-state index contributed by atoms with van der Waals surface area (Å²) < 4.78 is 17.4. The summed E-state index contributed by atoms with van der Waals surface area (Å²) in [5.74, 6) is 2.55. The highest BCUT2D eigenvalue weighted by atomic mass is 16.7. The van der Waals surface area contributed by atoms with E-state index >= 15 is 0 Å². The Bertz CT molecular complexity index is 1250. The molecule has 3 atom stereocenters. The number of nitrogens with zero attached hydrogens (tertiary/aromatic N) is 2. The van der Waals surface area contributed by atoms with Crippen molar-refractivity contribution in [3.05, 3.63) is 42.0 Å². The zero-order valence-electron chi connectivity index (χ0n) is 24.9. The van der Waals surface area contributed by atoms with Gasteiger partial charge in [-0.2, -0.15) is 0 Å². The topological polar surface area (TPSA) is 113 Å². The molecule has 0 bridgehead atoms. The van der Waals surface area contributed by atoms with Crippen molar-refractivity contribution in [2.45, 2.75) is 64.5 Å². The van der Waals surface area contributed by atoms with Crippen LogP contribution in [0.15, 0.2) is 36.4 Å².